The molecule has 1 heterocycles. The summed E-state index contributed by atoms with van der Waals surface area (Å²) in [5, 5.41) is 5.70. The summed E-state index contributed by atoms with van der Waals surface area (Å²) in [6.45, 7) is 8.63. The second kappa shape index (κ2) is 10.4. The van der Waals surface area contributed by atoms with Crippen LogP contribution in [0.15, 0.2) is 47.4 Å². The number of hydrogen-bond acceptors (Lipinski definition) is 5. The molecular weight excluding hydrogens is 442 g/mol. The maximum Gasteiger partial charge on any atom is 0.255 e. The van der Waals surface area contributed by atoms with Crippen molar-refractivity contribution in [1.29, 1.82) is 0 Å². The first-order chi connectivity index (χ1) is 15.6. The number of benzene rings is 2. The van der Waals surface area contributed by atoms with Crippen LogP contribution in [0.1, 0.15) is 56.1 Å². The van der Waals surface area contributed by atoms with E-state index in [1.54, 1.807) is 63.2 Å². The SMILES string of the molecule is CCOc1ccc(NC(=O)C(C)C)cc1C(=O)NC(C)c1cccc(S(=O)(=O)N2CCC2)c1. The monoisotopic (exact) mass is 473 g/mol. The molecule has 33 heavy (non-hydrogen) atoms. The number of nitrogens with zero attached hydrogens (tertiary/aromatic N) is 1. The van der Waals surface area contributed by atoms with Crippen LogP contribution in [0.2, 0.25) is 0 Å². The maximum atomic E-state index is 13.1. The van der Waals surface area contributed by atoms with Gasteiger partial charge in [0.1, 0.15) is 5.75 Å². The van der Waals surface area contributed by atoms with Crippen molar-refractivity contribution in [3.63, 3.8) is 0 Å². The third kappa shape index (κ3) is 5.72. The number of anilines is 1. The smallest absolute Gasteiger partial charge is 0.255 e. The van der Waals surface area contributed by atoms with E-state index in [0.29, 0.717) is 36.7 Å². The molecule has 2 aromatic carbocycles. The van der Waals surface area contributed by atoms with Gasteiger partial charge in [-0.25, -0.2) is 8.42 Å². The zero-order valence-electron chi connectivity index (χ0n) is 19.4. The van der Waals surface area contributed by atoms with E-state index in [1.165, 1.54) is 4.31 Å². The predicted octanol–water partition coefficient (Wildman–Crippen LogP) is 3.57. The highest BCUT2D eigenvalue weighted by molar-refractivity contribution is 7.89. The van der Waals surface area contributed by atoms with Crippen LogP contribution in [0.3, 0.4) is 0 Å². The lowest BCUT2D eigenvalue weighted by Gasteiger charge is -2.30. The lowest BCUT2D eigenvalue weighted by atomic mass is 10.1. The molecule has 2 amide bonds. The molecule has 0 aromatic heterocycles. The first-order valence-electron chi connectivity index (χ1n) is 11.1. The maximum absolute atomic E-state index is 13.1. The quantitative estimate of drug-likeness (QED) is 0.579. The molecule has 2 N–H and O–H groups in total. The summed E-state index contributed by atoms with van der Waals surface area (Å²) in [6.07, 6.45) is 0.865. The molecule has 0 aliphatic carbocycles. The summed E-state index contributed by atoms with van der Waals surface area (Å²) < 4.78 is 32.5. The van der Waals surface area contributed by atoms with Gasteiger partial charge in [0.15, 0.2) is 0 Å². The lowest BCUT2D eigenvalue weighted by molar-refractivity contribution is -0.118. The third-order valence-corrected chi connectivity index (χ3v) is 7.37. The molecule has 0 bridgehead atoms. The van der Waals surface area contributed by atoms with Crippen molar-refractivity contribution < 1.29 is 22.7 Å². The van der Waals surface area contributed by atoms with Gasteiger partial charge in [-0.1, -0.05) is 26.0 Å². The van der Waals surface area contributed by atoms with Crippen molar-refractivity contribution in [1.82, 2.24) is 9.62 Å². The van der Waals surface area contributed by atoms with Crippen LogP contribution in [0.5, 0.6) is 5.75 Å². The van der Waals surface area contributed by atoms with Crippen LogP contribution >= 0.6 is 0 Å². The van der Waals surface area contributed by atoms with Crippen molar-refractivity contribution >= 4 is 27.5 Å². The summed E-state index contributed by atoms with van der Waals surface area (Å²) in [4.78, 5) is 25.4. The Morgan fingerprint density at radius 1 is 1.09 bits per heavy atom. The van der Waals surface area contributed by atoms with E-state index < -0.39 is 16.1 Å². The Labute approximate surface area is 195 Å². The predicted molar refractivity (Wildman–Crippen MR) is 127 cm³/mol. The van der Waals surface area contributed by atoms with E-state index in [1.807, 2.05) is 6.92 Å². The van der Waals surface area contributed by atoms with Gasteiger partial charge in [0.2, 0.25) is 15.9 Å². The van der Waals surface area contributed by atoms with Gasteiger partial charge in [0.25, 0.3) is 5.91 Å². The largest absolute Gasteiger partial charge is 0.493 e. The zero-order chi connectivity index (χ0) is 24.2. The number of ether oxygens (including phenoxy) is 1. The van der Waals surface area contributed by atoms with Crippen molar-refractivity contribution in [3.8, 4) is 5.75 Å². The van der Waals surface area contributed by atoms with Gasteiger partial charge in [-0.2, -0.15) is 4.31 Å². The third-order valence-electron chi connectivity index (χ3n) is 5.47. The molecule has 0 radical (unpaired) electrons. The van der Waals surface area contributed by atoms with Crippen LogP contribution in [-0.2, 0) is 14.8 Å². The molecule has 1 saturated heterocycles. The summed E-state index contributed by atoms with van der Waals surface area (Å²) in [7, 11) is -3.52. The fourth-order valence-corrected chi connectivity index (χ4v) is 4.90. The van der Waals surface area contributed by atoms with Crippen LogP contribution in [0, 0.1) is 5.92 Å². The van der Waals surface area contributed by atoms with Crippen molar-refractivity contribution in [2.24, 2.45) is 5.92 Å². The summed E-state index contributed by atoms with van der Waals surface area (Å²) in [6, 6.07) is 11.1. The molecule has 2 aromatic rings. The molecule has 1 atom stereocenters. The Morgan fingerprint density at radius 3 is 2.42 bits per heavy atom. The molecular formula is C24H31N3O5S. The Hall–Kier alpha value is -2.91. The van der Waals surface area contributed by atoms with Gasteiger partial charge >= 0.3 is 0 Å². The normalized spacial score (nSPS) is 14.9. The van der Waals surface area contributed by atoms with Crippen molar-refractivity contribution in [2.75, 3.05) is 25.0 Å². The number of amides is 2. The van der Waals surface area contributed by atoms with Gasteiger partial charge in [-0.05, 0) is 56.2 Å². The summed E-state index contributed by atoms with van der Waals surface area (Å²) >= 11 is 0. The van der Waals surface area contributed by atoms with Crippen LogP contribution in [0.4, 0.5) is 5.69 Å². The van der Waals surface area contributed by atoms with E-state index in [2.05, 4.69) is 10.6 Å². The van der Waals surface area contributed by atoms with Gasteiger partial charge in [-0.3, -0.25) is 9.59 Å². The van der Waals surface area contributed by atoms with Crippen LogP contribution in [0.25, 0.3) is 0 Å². The summed E-state index contributed by atoms with van der Waals surface area (Å²) in [5.74, 6) is -0.339. The Morgan fingerprint density at radius 2 is 1.82 bits per heavy atom. The van der Waals surface area contributed by atoms with E-state index in [9.17, 15) is 18.0 Å². The second-order valence-corrected chi connectivity index (χ2v) is 10.3. The molecule has 9 heteroatoms. The topological polar surface area (TPSA) is 105 Å². The number of carbonyl (C=O) groups excluding carboxylic acids is 2. The minimum atomic E-state index is -3.52. The molecule has 178 valence electrons. The first-order valence-corrected chi connectivity index (χ1v) is 12.6. The number of rotatable bonds is 9. The van der Waals surface area contributed by atoms with Gasteiger partial charge < -0.3 is 15.4 Å². The molecule has 3 rings (SSSR count). The van der Waals surface area contributed by atoms with Gasteiger partial charge in [0, 0.05) is 24.7 Å². The highest BCUT2D eigenvalue weighted by atomic mass is 32.2. The number of nitrogens with one attached hydrogen (secondary N) is 2. The van der Waals surface area contributed by atoms with Gasteiger partial charge in [0.05, 0.1) is 23.1 Å². The minimum absolute atomic E-state index is 0.154. The fraction of sp³-hybridized carbons (Fsp3) is 0.417. The van der Waals surface area contributed by atoms with E-state index in [0.717, 1.165) is 6.42 Å². The summed E-state index contributed by atoms with van der Waals surface area (Å²) in [5.41, 5.74) is 1.46. The molecule has 8 nitrogen and oxygen atoms in total. The van der Waals surface area contributed by atoms with E-state index >= 15 is 0 Å². The molecule has 1 aliphatic heterocycles. The van der Waals surface area contributed by atoms with Crippen molar-refractivity contribution in [2.45, 2.75) is 45.1 Å². The highest BCUT2D eigenvalue weighted by Crippen LogP contribution is 2.26. The van der Waals surface area contributed by atoms with Crippen molar-refractivity contribution in [3.05, 3.63) is 53.6 Å². The first kappa shape index (κ1) is 24.7. The van der Waals surface area contributed by atoms with Crippen LogP contribution in [-0.4, -0.2) is 44.2 Å². The minimum Gasteiger partial charge on any atom is -0.493 e. The zero-order valence-corrected chi connectivity index (χ0v) is 20.2. The average Bonchev–Trinajstić information content (AvgIpc) is 2.73. The number of carbonyl (C=O) groups is 2. The number of hydrogen-bond donors (Lipinski definition) is 2. The molecule has 1 unspecified atom stereocenters. The van der Waals surface area contributed by atoms with E-state index in [-0.39, 0.29) is 28.2 Å². The molecule has 0 spiro atoms. The molecule has 1 aliphatic rings. The average molecular weight is 474 g/mol. The fourth-order valence-electron chi connectivity index (χ4n) is 3.33. The van der Waals surface area contributed by atoms with Gasteiger partial charge in [-0.15, -0.1) is 0 Å². The lowest BCUT2D eigenvalue weighted by Crippen LogP contribution is -2.41. The Kier molecular flexibility index (Phi) is 7.76. The Balaban J connectivity index is 1.81. The number of sulfonamides is 1. The Bertz CT molecular complexity index is 1130. The van der Waals surface area contributed by atoms with Crippen LogP contribution < -0.4 is 15.4 Å². The standard InChI is InChI=1S/C24H31N3O5S/c1-5-32-22-11-10-19(26-23(28)16(2)3)15-21(22)24(29)25-17(4)18-8-6-9-20(14-18)33(30,31)27-12-7-13-27/h6,8-11,14-17H,5,7,12-13H2,1-4H3,(H,25,29)(H,26,28). The second-order valence-electron chi connectivity index (χ2n) is 8.31. The molecule has 1 fully saturated rings. The highest BCUT2D eigenvalue weighted by Gasteiger charge is 2.29. The van der Waals surface area contributed by atoms with E-state index in [4.69, 9.17) is 4.74 Å². The molecule has 0 saturated carbocycles.